The van der Waals surface area contributed by atoms with E-state index in [0.717, 1.165) is 0 Å². The van der Waals surface area contributed by atoms with Crippen molar-refractivity contribution in [1.29, 1.82) is 0 Å². The monoisotopic (exact) mass is 266 g/mol. The van der Waals surface area contributed by atoms with Crippen molar-refractivity contribution in [2.45, 2.75) is 6.54 Å². The number of nitrogens with one attached hydrogen (secondary N) is 2. The zero-order valence-electron chi connectivity index (χ0n) is 9.72. The van der Waals surface area contributed by atoms with Crippen molar-refractivity contribution in [3.63, 3.8) is 0 Å². The van der Waals surface area contributed by atoms with E-state index in [1.165, 1.54) is 18.2 Å². The average Bonchev–Trinajstić information content (AvgIpc) is 2.35. The maximum atomic E-state index is 13.2. The van der Waals surface area contributed by atoms with Gasteiger partial charge in [-0.05, 0) is 6.07 Å². The van der Waals surface area contributed by atoms with Crippen LogP contribution in [0.5, 0.6) is 0 Å². The first-order valence-corrected chi connectivity index (χ1v) is 5.22. The van der Waals surface area contributed by atoms with Crippen LogP contribution in [-0.4, -0.2) is 23.0 Å². The first kappa shape index (κ1) is 14.4. The number of amides is 3. The van der Waals surface area contributed by atoms with Crippen LogP contribution in [0.2, 0.25) is 0 Å². The summed E-state index contributed by atoms with van der Waals surface area (Å²) in [6, 6.07) is 5.01. The van der Waals surface area contributed by atoms with Gasteiger partial charge in [0.05, 0.1) is 0 Å². The van der Waals surface area contributed by atoms with Gasteiger partial charge in [0.1, 0.15) is 5.82 Å². The van der Waals surface area contributed by atoms with Crippen molar-refractivity contribution < 1.29 is 23.9 Å². The van der Waals surface area contributed by atoms with Crippen LogP contribution in [-0.2, 0) is 16.1 Å². The molecule has 0 spiro atoms. The maximum Gasteiger partial charge on any atom is 0.328 e. The largest absolute Gasteiger partial charge is 0.478 e. The maximum absolute atomic E-state index is 13.2. The second kappa shape index (κ2) is 6.90. The summed E-state index contributed by atoms with van der Waals surface area (Å²) in [7, 11) is 0. The number of carbonyl (C=O) groups excluding carboxylic acids is 2. The molecule has 0 radical (unpaired) electrons. The molecule has 3 amide bonds. The molecule has 7 heteroatoms. The molecule has 0 bridgehead atoms. The summed E-state index contributed by atoms with van der Waals surface area (Å²) in [4.78, 5) is 32.4. The highest BCUT2D eigenvalue weighted by molar-refractivity contribution is 6.02. The van der Waals surface area contributed by atoms with Crippen molar-refractivity contribution in [1.82, 2.24) is 10.6 Å². The lowest BCUT2D eigenvalue weighted by atomic mass is 10.2. The molecule has 1 rings (SSSR count). The zero-order chi connectivity index (χ0) is 14.3. The fourth-order valence-corrected chi connectivity index (χ4v) is 1.16. The normalized spacial score (nSPS) is 10.2. The third-order valence-corrected chi connectivity index (χ3v) is 2.01. The highest BCUT2D eigenvalue weighted by Gasteiger charge is 2.06. The number of carbonyl (C=O) groups is 3. The number of hydrogen-bond acceptors (Lipinski definition) is 3. The minimum absolute atomic E-state index is 0.0889. The third kappa shape index (κ3) is 5.44. The van der Waals surface area contributed by atoms with Crippen molar-refractivity contribution in [2.75, 3.05) is 0 Å². The number of halogens is 1. The minimum Gasteiger partial charge on any atom is -0.478 e. The molecule has 3 N–H and O–H groups in total. The number of rotatable bonds is 4. The first-order chi connectivity index (χ1) is 8.99. The van der Waals surface area contributed by atoms with Gasteiger partial charge in [0.25, 0.3) is 5.91 Å². The van der Waals surface area contributed by atoms with Crippen LogP contribution in [0.3, 0.4) is 0 Å². The molecule has 1 aromatic carbocycles. The summed E-state index contributed by atoms with van der Waals surface area (Å²) in [6.45, 7) is -0.0889. The SMILES string of the molecule is O=C(O)/C=C/C(=O)NC(=O)NCc1ccccc1F. The Balaban J connectivity index is 2.42. The lowest BCUT2D eigenvalue weighted by Gasteiger charge is -2.05. The molecule has 1 aromatic rings. The number of hydrogen-bond donors (Lipinski definition) is 3. The Labute approximate surface area is 107 Å². The minimum atomic E-state index is -1.30. The van der Waals surface area contributed by atoms with Crippen LogP contribution in [0, 0.1) is 5.82 Å². The lowest BCUT2D eigenvalue weighted by molar-refractivity contribution is -0.131. The van der Waals surface area contributed by atoms with Crippen molar-refractivity contribution in [2.24, 2.45) is 0 Å². The summed E-state index contributed by atoms with van der Waals surface area (Å²) in [6.07, 6.45) is 1.30. The van der Waals surface area contributed by atoms with Crippen molar-refractivity contribution in [3.8, 4) is 0 Å². The zero-order valence-corrected chi connectivity index (χ0v) is 9.72. The van der Waals surface area contributed by atoms with Gasteiger partial charge >= 0.3 is 12.0 Å². The van der Waals surface area contributed by atoms with Gasteiger partial charge in [-0.1, -0.05) is 18.2 Å². The molecule has 0 aliphatic rings. The van der Waals surface area contributed by atoms with Gasteiger partial charge in [0.15, 0.2) is 0 Å². The summed E-state index contributed by atoms with van der Waals surface area (Å²) in [5, 5.41) is 12.4. The lowest BCUT2D eigenvalue weighted by Crippen LogP contribution is -2.38. The first-order valence-electron chi connectivity index (χ1n) is 5.22. The highest BCUT2D eigenvalue weighted by atomic mass is 19.1. The molecule has 6 nitrogen and oxygen atoms in total. The summed E-state index contributed by atoms with van der Waals surface area (Å²) in [5.41, 5.74) is 0.270. The Bertz CT molecular complexity index is 528. The Kier molecular flexibility index (Phi) is 5.21. The summed E-state index contributed by atoms with van der Waals surface area (Å²) < 4.78 is 13.2. The number of carboxylic acid groups (broad SMARTS) is 1. The van der Waals surface area contributed by atoms with E-state index in [-0.39, 0.29) is 12.1 Å². The number of aliphatic carboxylic acids is 1. The summed E-state index contributed by atoms with van der Waals surface area (Å²) >= 11 is 0. The molecule has 0 atom stereocenters. The van der Waals surface area contributed by atoms with Gasteiger partial charge < -0.3 is 10.4 Å². The van der Waals surface area contributed by atoms with Crippen LogP contribution in [0.1, 0.15) is 5.56 Å². The average molecular weight is 266 g/mol. The smallest absolute Gasteiger partial charge is 0.328 e. The van der Waals surface area contributed by atoms with Gasteiger partial charge in [-0.2, -0.15) is 0 Å². The van der Waals surface area contributed by atoms with E-state index in [1.54, 1.807) is 6.07 Å². The molecule has 0 aliphatic carbocycles. The second-order valence-electron chi connectivity index (χ2n) is 3.43. The van der Waals surface area contributed by atoms with Gasteiger partial charge in [-0.3, -0.25) is 10.1 Å². The standard InChI is InChI=1S/C12H11FN2O4/c13-9-4-2-1-3-8(9)7-14-12(19)15-10(16)5-6-11(17)18/h1-6H,7H2,(H,17,18)(H2,14,15,16,19)/b6-5+. The van der Waals surface area contributed by atoms with Gasteiger partial charge in [-0.25, -0.2) is 14.0 Å². The predicted octanol–water partition coefficient (Wildman–Crippen LogP) is 0.792. The van der Waals surface area contributed by atoms with Crippen LogP contribution < -0.4 is 10.6 Å². The molecule has 0 saturated carbocycles. The third-order valence-electron chi connectivity index (χ3n) is 2.01. The van der Waals surface area contributed by atoms with Crippen LogP contribution >= 0.6 is 0 Å². The number of benzene rings is 1. The van der Waals surface area contributed by atoms with Crippen LogP contribution in [0.15, 0.2) is 36.4 Å². The molecule has 19 heavy (non-hydrogen) atoms. The number of imide groups is 1. The quantitative estimate of drug-likeness (QED) is 0.702. The molecule has 0 aliphatic heterocycles. The molecular weight excluding hydrogens is 255 g/mol. The van der Waals surface area contributed by atoms with Crippen LogP contribution in [0.4, 0.5) is 9.18 Å². The second-order valence-corrected chi connectivity index (χ2v) is 3.43. The van der Waals surface area contributed by atoms with E-state index >= 15 is 0 Å². The number of urea groups is 1. The Hall–Kier alpha value is -2.70. The van der Waals surface area contributed by atoms with E-state index < -0.39 is 23.7 Å². The molecular formula is C12H11FN2O4. The fraction of sp³-hybridized carbons (Fsp3) is 0.0833. The van der Waals surface area contributed by atoms with Gasteiger partial charge in [-0.15, -0.1) is 0 Å². The van der Waals surface area contributed by atoms with Crippen molar-refractivity contribution in [3.05, 3.63) is 47.8 Å². The van der Waals surface area contributed by atoms with E-state index in [2.05, 4.69) is 5.32 Å². The molecule has 0 heterocycles. The molecule has 100 valence electrons. The van der Waals surface area contributed by atoms with Gasteiger partial charge in [0, 0.05) is 24.3 Å². The summed E-state index contributed by atoms with van der Waals surface area (Å²) in [5.74, 6) is -2.66. The number of carboxylic acids is 1. The highest BCUT2D eigenvalue weighted by Crippen LogP contribution is 2.05. The van der Waals surface area contributed by atoms with E-state index in [0.29, 0.717) is 12.2 Å². The molecule has 0 saturated heterocycles. The Morgan fingerprint density at radius 2 is 1.89 bits per heavy atom. The van der Waals surface area contributed by atoms with E-state index in [9.17, 15) is 18.8 Å². The van der Waals surface area contributed by atoms with E-state index in [1.807, 2.05) is 5.32 Å². The van der Waals surface area contributed by atoms with Gasteiger partial charge in [0.2, 0.25) is 0 Å². The molecule has 0 unspecified atom stereocenters. The molecule has 0 aromatic heterocycles. The predicted molar refractivity (Wildman–Crippen MR) is 63.6 cm³/mol. The van der Waals surface area contributed by atoms with Crippen molar-refractivity contribution >= 4 is 17.9 Å². The fourth-order valence-electron chi connectivity index (χ4n) is 1.16. The van der Waals surface area contributed by atoms with E-state index in [4.69, 9.17) is 5.11 Å². The van der Waals surface area contributed by atoms with Crippen LogP contribution in [0.25, 0.3) is 0 Å². The Morgan fingerprint density at radius 1 is 1.21 bits per heavy atom. The molecule has 0 fully saturated rings. The Morgan fingerprint density at radius 3 is 2.53 bits per heavy atom. The topological polar surface area (TPSA) is 95.5 Å².